The lowest BCUT2D eigenvalue weighted by molar-refractivity contribution is -0.161. The van der Waals surface area contributed by atoms with Crippen molar-refractivity contribution in [3.05, 3.63) is 0 Å². The van der Waals surface area contributed by atoms with Crippen LogP contribution in [-0.2, 0) is 65.4 Å². The molecule has 5 atom stereocenters. The Kier molecular flexibility index (Phi) is 57.4. The fourth-order valence-electron chi connectivity index (χ4n) is 9.76. The standard InChI is InChI=1S/C65H126O17P2/c1-6-9-12-15-18-34-39-44-49-63(68)76-55-61(82-65(70)51-46-41-36-31-29-27-25-23-21-20-22-24-26-28-30-33-37-42-47-58(4)5)57-80-84(73,74)78-53-59(66)52-77-83(71,72)79-56-60(54-75-62(67)48-43-38-32-17-14-11-8-3)81-64(69)50-45-40-35-19-16-13-10-7-2/h58-61,66H,6-57H2,1-5H3,(H,71,72)(H,73,74)/t59-,60+,61+/m0/s1. The second-order valence-electron chi connectivity index (χ2n) is 24.0. The normalized spacial score (nSPS) is 14.2. The molecule has 0 rings (SSSR count). The van der Waals surface area contributed by atoms with Gasteiger partial charge in [-0.05, 0) is 31.6 Å². The molecule has 0 aliphatic rings. The van der Waals surface area contributed by atoms with Gasteiger partial charge in [0.2, 0.25) is 0 Å². The van der Waals surface area contributed by atoms with Crippen LogP contribution in [0.2, 0.25) is 0 Å². The largest absolute Gasteiger partial charge is 0.472 e. The topological polar surface area (TPSA) is 237 Å². The summed E-state index contributed by atoms with van der Waals surface area (Å²) in [5.41, 5.74) is 0. The van der Waals surface area contributed by atoms with Crippen molar-refractivity contribution in [3.8, 4) is 0 Å². The van der Waals surface area contributed by atoms with Crippen LogP contribution in [0, 0.1) is 5.92 Å². The zero-order valence-corrected chi connectivity index (χ0v) is 55.8. The van der Waals surface area contributed by atoms with Crippen molar-refractivity contribution >= 4 is 39.5 Å². The van der Waals surface area contributed by atoms with E-state index in [0.29, 0.717) is 25.7 Å². The van der Waals surface area contributed by atoms with Crippen LogP contribution < -0.4 is 0 Å². The highest BCUT2D eigenvalue weighted by molar-refractivity contribution is 7.47. The smallest absolute Gasteiger partial charge is 0.462 e. The number of carbonyl (C=O) groups is 4. The first-order valence-electron chi connectivity index (χ1n) is 34.1. The van der Waals surface area contributed by atoms with E-state index in [2.05, 4.69) is 34.6 Å². The summed E-state index contributed by atoms with van der Waals surface area (Å²) in [6.45, 7) is 7.14. The molecule has 0 aromatic carbocycles. The van der Waals surface area contributed by atoms with Gasteiger partial charge in [0.15, 0.2) is 12.2 Å². The lowest BCUT2D eigenvalue weighted by atomic mass is 10.0. The first-order valence-corrected chi connectivity index (χ1v) is 37.1. The van der Waals surface area contributed by atoms with Crippen LogP contribution in [0.4, 0.5) is 0 Å². The molecule has 0 bridgehead atoms. The number of carbonyl (C=O) groups excluding carboxylic acids is 4. The van der Waals surface area contributed by atoms with Gasteiger partial charge < -0.3 is 33.8 Å². The SMILES string of the molecule is CCCCCCCCCCC(=O)OC[C@H](COP(=O)(O)OC[C@@H](O)COP(=O)(O)OC[C@@H](COC(=O)CCCCCCCCC)OC(=O)CCCCCCCCCC)OC(=O)CCCCCCCCCCCCCCCCCCCCC(C)C. The van der Waals surface area contributed by atoms with Gasteiger partial charge in [-0.15, -0.1) is 0 Å². The molecule has 0 spiro atoms. The maximum Gasteiger partial charge on any atom is 0.472 e. The third kappa shape index (κ3) is 59.0. The Morgan fingerprint density at radius 3 is 0.810 bits per heavy atom. The van der Waals surface area contributed by atoms with Crippen molar-refractivity contribution in [2.45, 2.75) is 348 Å². The Hall–Kier alpha value is -1.94. The van der Waals surface area contributed by atoms with Crippen molar-refractivity contribution in [3.63, 3.8) is 0 Å². The molecule has 3 N–H and O–H groups in total. The van der Waals surface area contributed by atoms with Crippen LogP contribution in [0.25, 0.3) is 0 Å². The van der Waals surface area contributed by atoms with Gasteiger partial charge in [0.05, 0.1) is 26.4 Å². The monoisotopic (exact) mass is 1240 g/mol. The predicted octanol–water partition coefficient (Wildman–Crippen LogP) is 18.2. The highest BCUT2D eigenvalue weighted by Crippen LogP contribution is 2.45. The van der Waals surface area contributed by atoms with E-state index >= 15 is 0 Å². The maximum atomic E-state index is 13.0. The van der Waals surface area contributed by atoms with Crippen LogP contribution in [0.5, 0.6) is 0 Å². The van der Waals surface area contributed by atoms with Crippen LogP contribution >= 0.6 is 15.6 Å². The molecule has 0 saturated carbocycles. The minimum absolute atomic E-state index is 0.105. The molecular weight excluding hydrogens is 1110 g/mol. The van der Waals surface area contributed by atoms with E-state index in [1.54, 1.807) is 0 Å². The molecule has 0 amide bonds. The number of phosphoric acid groups is 2. The fraction of sp³-hybridized carbons (Fsp3) is 0.938. The van der Waals surface area contributed by atoms with Gasteiger partial charge in [-0.1, -0.05) is 279 Å². The van der Waals surface area contributed by atoms with E-state index in [0.717, 1.165) is 121 Å². The van der Waals surface area contributed by atoms with Crippen LogP contribution in [0.3, 0.4) is 0 Å². The predicted molar refractivity (Wildman–Crippen MR) is 335 cm³/mol. The number of ether oxygens (including phenoxy) is 4. The summed E-state index contributed by atoms with van der Waals surface area (Å²) in [4.78, 5) is 71.9. The minimum atomic E-state index is -4.94. The first kappa shape index (κ1) is 82.1. The first-order chi connectivity index (χ1) is 40.5. The van der Waals surface area contributed by atoms with E-state index in [1.807, 2.05) is 0 Å². The van der Waals surface area contributed by atoms with Gasteiger partial charge in [-0.3, -0.25) is 37.3 Å². The number of aliphatic hydroxyl groups excluding tert-OH is 1. The number of unbranched alkanes of at least 4 members (excludes halogenated alkanes) is 37. The maximum absolute atomic E-state index is 13.0. The molecule has 0 heterocycles. The molecule has 0 saturated heterocycles. The van der Waals surface area contributed by atoms with Crippen LogP contribution in [0.15, 0.2) is 0 Å². The Morgan fingerprint density at radius 2 is 0.548 bits per heavy atom. The number of aliphatic hydroxyl groups is 1. The summed E-state index contributed by atoms with van der Waals surface area (Å²) in [7, 11) is -9.87. The number of rotatable bonds is 65. The van der Waals surface area contributed by atoms with Crippen molar-refractivity contribution in [2.24, 2.45) is 5.92 Å². The van der Waals surface area contributed by atoms with Crippen molar-refractivity contribution in [1.29, 1.82) is 0 Å². The molecule has 0 radical (unpaired) electrons. The zero-order valence-electron chi connectivity index (χ0n) is 54.0. The quantitative estimate of drug-likeness (QED) is 0.0222. The lowest BCUT2D eigenvalue weighted by Crippen LogP contribution is -2.30. The van der Waals surface area contributed by atoms with Crippen LogP contribution in [-0.4, -0.2) is 96.7 Å². The van der Waals surface area contributed by atoms with E-state index < -0.39 is 97.5 Å². The lowest BCUT2D eigenvalue weighted by Gasteiger charge is -2.21. The molecule has 19 heteroatoms. The summed E-state index contributed by atoms with van der Waals surface area (Å²) in [5.74, 6) is -1.32. The number of esters is 4. The number of phosphoric ester groups is 2. The van der Waals surface area contributed by atoms with Crippen molar-refractivity contribution in [2.75, 3.05) is 39.6 Å². The van der Waals surface area contributed by atoms with Crippen LogP contribution in [0.1, 0.15) is 330 Å². The van der Waals surface area contributed by atoms with E-state index in [-0.39, 0.29) is 25.7 Å². The summed E-state index contributed by atoms with van der Waals surface area (Å²) in [5, 5.41) is 10.5. The highest BCUT2D eigenvalue weighted by Gasteiger charge is 2.30. The molecule has 84 heavy (non-hydrogen) atoms. The van der Waals surface area contributed by atoms with Crippen molar-refractivity contribution in [1.82, 2.24) is 0 Å². The number of hydrogen-bond donors (Lipinski definition) is 3. The number of hydrogen-bond acceptors (Lipinski definition) is 15. The molecular formula is C65H126O17P2. The Morgan fingerprint density at radius 1 is 0.321 bits per heavy atom. The van der Waals surface area contributed by atoms with Gasteiger partial charge in [0, 0.05) is 25.7 Å². The average Bonchev–Trinajstić information content (AvgIpc) is 3.51. The van der Waals surface area contributed by atoms with Gasteiger partial charge >= 0.3 is 39.5 Å². The van der Waals surface area contributed by atoms with Crippen molar-refractivity contribution < 1.29 is 80.2 Å². The third-order valence-corrected chi connectivity index (χ3v) is 16.9. The summed E-state index contributed by atoms with van der Waals surface area (Å²) in [6.07, 6.45) is 43.5. The van der Waals surface area contributed by atoms with E-state index in [1.165, 1.54) is 128 Å². The Bertz CT molecular complexity index is 1640. The summed E-state index contributed by atoms with van der Waals surface area (Å²) in [6, 6.07) is 0. The molecule has 498 valence electrons. The van der Waals surface area contributed by atoms with E-state index in [9.17, 15) is 43.2 Å². The fourth-order valence-corrected chi connectivity index (χ4v) is 11.3. The second kappa shape index (κ2) is 58.7. The summed E-state index contributed by atoms with van der Waals surface area (Å²) >= 11 is 0. The Balaban J connectivity index is 5.05. The molecule has 17 nitrogen and oxygen atoms in total. The second-order valence-corrected chi connectivity index (χ2v) is 26.9. The van der Waals surface area contributed by atoms with Gasteiger partial charge in [0.25, 0.3) is 0 Å². The van der Waals surface area contributed by atoms with Gasteiger partial charge in [-0.25, -0.2) is 9.13 Å². The average molecular weight is 1240 g/mol. The van der Waals surface area contributed by atoms with Gasteiger partial charge in [0.1, 0.15) is 19.3 Å². The third-order valence-electron chi connectivity index (χ3n) is 15.0. The minimum Gasteiger partial charge on any atom is -0.462 e. The van der Waals surface area contributed by atoms with Gasteiger partial charge in [-0.2, -0.15) is 0 Å². The zero-order chi connectivity index (χ0) is 62.0. The molecule has 0 aromatic heterocycles. The molecule has 0 fully saturated rings. The molecule has 0 aliphatic heterocycles. The summed E-state index contributed by atoms with van der Waals surface area (Å²) < 4.78 is 67.8. The Labute approximate surface area is 511 Å². The van der Waals surface area contributed by atoms with E-state index in [4.69, 9.17) is 37.0 Å². The molecule has 2 unspecified atom stereocenters. The molecule has 0 aliphatic carbocycles. The highest BCUT2D eigenvalue weighted by atomic mass is 31.2. The molecule has 0 aromatic rings.